The predicted molar refractivity (Wildman–Crippen MR) is 260 cm³/mol. The molecule has 0 aliphatic carbocycles. The highest BCUT2D eigenvalue weighted by atomic mass is 32.1. The first-order valence-electron chi connectivity index (χ1n) is 23.4. The summed E-state index contributed by atoms with van der Waals surface area (Å²) in [6.45, 7) is 0. The van der Waals surface area contributed by atoms with Gasteiger partial charge in [-0.3, -0.25) is 0 Å². The average Bonchev–Trinajstić information content (AvgIpc) is 3.95. The molecule has 0 aliphatic rings. The fourth-order valence-electron chi connectivity index (χ4n) is 8.47. The lowest BCUT2D eigenvalue weighted by molar-refractivity contribution is 1.07. The van der Waals surface area contributed by atoms with Crippen molar-refractivity contribution in [2.75, 3.05) is 0 Å². The van der Waals surface area contributed by atoms with E-state index in [9.17, 15) is 4.11 Å². The molecule has 0 bridgehead atoms. The van der Waals surface area contributed by atoms with E-state index in [1.165, 1.54) is 17.4 Å². The van der Waals surface area contributed by atoms with Gasteiger partial charge >= 0.3 is 0 Å². The summed E-state index contributed by atoms with van der Waals surface area (Å²) in [5.74, 6) is 1.38. The summed E-state index contributed by atoms with van der Waals surface area (Å²) in [5.41, 5.74) is 10.0. The molecule has 9 aromatic carbocycles. The molecule has 0 saturated heterocycles. The van der Waals surface area contributed by atoms with E-state index in [1.54, 1.807) is 0 Å². The normalized spacial score (nSPS) is 12.9. The second-order valence-corrected chi connectivity index (χ2v) is 16.1. The van der Waals surface area contributed by atoms with E-state index < -0.39 is 0 Å². The standard InChI is InChI=1S/C57H36N4S/c1-5-16-37(17-6-1)41-28-31-51-48(34-41)49-35-42(38-18-7-2-8-19-38)29-32-52(49)61(51)50-33-30-43(36-47(50)46-26-15-25-45-44-24-13-14-27-53(44)62-54(45)46)57-59-55(39-20-9-3-10-21-39)58-56(60-57)40-22-11-4-12-23-40/h1-36H/i13D,15D,24D,25D,26D,27D. The van der Waals surface area contributed by atoms with Gasteiger partial charge < -0.3 is 4.57 Å². The van der Waals surface area contributed by atoms with Gasteiger partial charge in [0.1, 0.15) is 0 Å². The van der Waals surface area contributed by atoms with Crippen LogP contribution in [0.15, 0.2) is 218 Å². The van der Waals surface area contributed by atoms with Crippen LogP contribution in [-0.4, -0.2) is 19.5 Å². The van der Waals surface area contributed by atoms with Gasteiger partial charge in [-0.05, 0) is 70.8 Å². The molecule has 3 aromatic heterocycles. The fourth-order valence-corrected chi connectivity index (χ4v) is 9.57. The van der Waals surface area contributed by atoms with Crippen molar-refractivity contribution in [3.05, 3.63) is 218 Å². The molecule has 0 fully saturated rings. The van der Waals surface area contributed by atoms with Crippen LogP contribution >= 0.6 is 11.3 Å². The van der Waals surface area contributed by atoms with Crippen molar-refractivity contribution in [2.45, 2.75) is 0 Å². The molecule has 3 heterocycles. The summed E-state index contributed by atoms with van der Waals surface area (Å²) < 4.78 is 58.0. The molecule has 0 aliphatic heterocycles. The zero-order valence-corrected chi connectivity index (χ0v) is 33.8. The van der Waals surface area contributed by atoms with Crippen molar-refractivity contribution >= 4 is 53.3 Å². The molecule has 0 spiro atoms. The Balaban J connectivity index is 1.20. The van der Waals surface area contributed by atoms with Gasteiger partial charge in [-0.2, -0.15) is 0 Å². The number of benzene rings is 9. The molecule has 0 N–H and O–H groups in total. The Bertz CT molecular complexity index is 3820. The molecule has 0 radical (unpaired) electrons. The summed E-state index contributed by atoms with van der Waals surface area (Å²) in [7, 11) is 0. The maximum Gasteiger partial charge on any atom is 0.164 e. The lowest BCUT2D eigenvalue weighted by Gasteiger charge is -2.17. The minimum Gasteiger partial charge on any atom is -0.309 e. The van der Waals surface area contributed by atoms with Crippen molar-refractivity contribution < 1.29 is 8.22 Å². The maximum atomic E-state index is 9.76. The molecule has 0 atom stereocenters. The molecule has 12 aromatic rings. The Kier molecular flexibility index (Phi) is 7.25. The van der Waals surface area contributed by atoms with Crippen molar-refractivity contribution in [2.24, 2.45) is 0 Å². The summed E-state index contributed by atoms with van der Waals surface area (Å²) >= 11 is 1.22. The number of fused-ring (bicyclic) bond motifs is 6. The highest BCUT2D eigenvalue weighted by molar-refractivity contribution is 7.26. The van der Waals surface area contributed by atoms with Gasteiger partial charge in [0.25, 0.3) is 0 Å². The largest absolute Gasteiger partial charge is 0.309 e. The number of thiophene rings is 1. The first kappa shape index (κ1) is 30.1. The van der Waals surface area contributed by atoms with Crippen molar-refractivity contribution in [3.63, 3.8) is 0 Å². The van der Waals surface area contributed by atoms with Gasteiger partial charge in [-0.1, -0.05) is 170 Å². The molecule has 4 nitrogen and oxygen atoms in total. The van der Waals surface area contributed by atoms with Gasteiger partial charge in [0, 0.05) is 58.8 Å². The van der Waals surface area contributed by atoms with E-state index in [1.807, 2.05) is 115 Å². The van der Waals surface area contributed by atoms with Crippen molar-refractivity contribution in [1.82, 2.24) is 19.5 Å². The lowest BCUT2D eigenvalue weighted by Crippen LogP contribution is -2.02. The quantitative estimate of drug-likeness (QED) is 0.161. The first-order valence-corrected chi connectivity index (χ1v) is 21.2. The van der Waals surface area contributed by atoms with E-state index in [0.29, 0.717) is 49.3 Å². The Morgan fingerprint density at radius 1 is 0.371 bits per heavy atom. The number of hydrogen-bond donors (Lipinski definition) is 0. The van der Waals surface area contributed by atoms with Crippen LogP contribution in [0.25, 0.3) is 115 Å². The van der Waals surface area contributed by atoms with Crippen LogP contribution in [-0.2, 0) is 0 Å². The van der Waals surface area contributed by atoms with E-state index in [-0.39, 0.29) is 47.0 Å². The van der Waals surface area contributed by atoms with Crippen LogP contribution in [0.5, 0.6) is 0 Å². The van der Waals surface area contributed by atoms with Gasteiger partial charge in [0.2, 0.25) is 0 Å². The molecule has 0 saturated carbocycles. The lowest BCUT2D eigenvalue weighted by atomic mass is 9.98. The van der Waals surface area contributed by atoms with Crippen LogP contribution in [0.1, 0.15) is 8.22 Å². The highest BCUT2D eigenvalue weighted by Gasteiger charge is 2.22. The fraction of sp³-hybridized carbons (Fsp3) is 0. The summed E-state index contributed by atoms with van der Waals surface area (Å²) in [5, 5.41) is 2.60. The zero-order chi connectivity index (χ0) is 46.2. The Labute approximate surface area is 371 Å². The minimum absolute atomic E-state index is 0.0532. The summed E-state index contributed by atoms with van der Waals surface area (Å²) in [6, 6.07) is 59.5. The summed E-state index contributed by atoms with van der Waals surface area (Å²) in [4.78, 5) is 15.1. The molecule has 0 unspecified atom stereocenters. The van der Waals surface area contributed by atoms with E-state index in [2.05, 4.69) is 65.2 Å². The molecule has 0 amide bonds. The molecule has 12 rings (SSSR count). The zero-order valence-electron chi connectivity index (χ0n) is 39.0. The molecule has 290 valence electrons. The third-order valence-electron chi connectivity index (χ3n) is 11.4. The molecular formula is C57H36N4S. The molecular weight excluding hydrogens is 773 g/mol. The van der Waals surface area contributed by atoms with Gasteiger partial charge in [-0.15, -0.1) is 11.3 Å². The van der Waals surface area contributed by atoms with Crippen LogP contribution in [0.3, 0.4) is 0 Å². The van der Waals surface area contributed by atoms with Gasteiger partial charge in [-0.25, -0.2) is 15.0 Å². The number of hydrogen-bond acceptors (Lipinski definition) is 4. The van der Waals surface area contributed by atoms with Crippen LogP contribution < -0.4 is 0 Å². The topological polar surface area (TPSA) is 43.6 Å². The minimum atomic E-state index is -0.315. The van der Waals surface area contributed by atoms with E-state index in [4.69, 9.17) is 19.1 Å². The van der Waals surface area contributed by atoms with Crippen LogP contribution in [0.2, 0.25) is 0 Å². The third kappa shape index (κ3) is 6.18. The number of rotatable bonds is 7. The first-order chi connectivity index (χ1) is 33.2. The second-order valence-electron chi connectivity index (χ2n) is 15.1. The number of nitrogens with zero attached hydrogens (tertiary/aromatic N) is 4. The second kappa shape index (κ2) is 14.9. The highest BCUT2D eigenvalue weighted by Crippen LogP contribution is 2.45. The molecule has 5 heteroatoms. The number of aromatic nitrogens is 4. The average molecular weight is 815 g/mol. The van der Waals surface area contributed by atoms with E-state index >= 15 is 0 Å². The summed E-state index contributed by atoms with van der Waals surface area (Å²) in [6.07, 6.45) is 0. The van der Waals surface area contributed by atoms with Crippen molar-refractivity contribution in [1.29, 1.82) is 0 Å². The van der Waals surface area contributed by atoms with E-state index in [0.717, 1.165) is 55.2 Å². The van der Waals surface area contributed by atoms with Gasteiger partial charge in [0.15, 0.2) is 17.5 Å². The SMILES string of the molecule is [2H]c1cc([2H])c2sc3c(-c4cc(-c5nc(-c6ccccc6)nc(-c6ccccc6)n5)ccc4-n4c5ccc(-c6ccccc6)cc5c5cc(-c6ccccc6)ccc54)c([2H])c([2H])c([2H])c3c2c1[2H]. The smallest absolute Gasteiger partial charge is 0.164 e. The van der Waals surface area contributed by atoms with Gasteiger partial charge in [0.05, 0.1) is 24.9 Å². The monoisotopic (exact) mass is 814 g/mol. The van der Waals surface area contributed by atoms with Crippen LogP contribution in [0, 0.1) is 0 Å². The third-order valence-corrected chi connectivity index (χ3v) is 12.6. The Hall–Kier alpha value is -7.99. The Morgan fingerprint density at radius 2 is 0.871 bits per heavy atom. The van der Waals surface area contributed by atoms with Crippen molar-refractivity contribution in [3.8, 4) is 73.2 Å². The Morgan fingerprint density at radius 3 is 1.44 bits per heavy atom. The van der Waals surface area contributed by atoms with Crippen LogP contribution in [0.4, 0.5) is 0 Å². The predicted octanol–water partition coefficient (Wildman–Crippen LogP) is 15.3. The molecule has 62 heavy (non-hydrogen) atoms. The maximum absolute atomic E-state index is 9.76.